The van der Waals surface area contributed by atoms with Crippen LogP contribution in [0.5, 0.6) is 0 Å². The van der Waals surface area contributed by atoms with E-state index in [2.05, 4.69) is 30.9 Å². The molecule has 0 fully saturated rings. The van der Waals surface area contributed by atoms with Crippen LogP contribution in [0.4, 0.5) is 32.3 Å². The molecule has 0 saturated carbocycles. The molecule has 41 heavy (non-hydrogen) atoms. The molecule has 2 amide bonds. The molecule has 0 aliphatic carbocycles. The standard InChI is InChI=1S/C29H34FN7O4/c1-7-13-31-24-21(16-32-27(36-24)34-19-10-8-9-18(30)14-19)26-35-22-12-11-20(15-23(22)40-26)33-25(38)17(2)37(6)28(39)41-29(3,4)5/h8-12,14-17H,7,13H2,1-6H3,(H,33,38)(H2,31,32,34,36)/t17-/m0/s1. The number of anilines is 4. The maximum Gasteiger partial charge on any atom is 0.410 e. The fourth-order valence-corrected chi connectivity index (χ4v) is 3.70. The minimum absolute atomic E-state index is 0.282. The zero-order valence-electron chi connectivity index (χ0n) is 23.9. The number of nitrogens with one attached hydrogen (secondary N) is 3. The van der Waals surface area contributed by atoms with E-state index in [1.807, 2.05) is 6.92 Å². The number of halogens is 1. The summed E-state index contributed by atoms with van der Waals surface area (Å²) < 4.78 is 25.0. The number of nitrogens with zero attached hydrogens (tertiary/aromatic N) is 4. The molecule has 0 radical (unpaired) electrons. The molecule has 0 bridgehead atoms. The second-order valence-corrected chi connectivity index (χ2v) is 10.5. The molecule has 3 N–H and O–H groups in total. The van der Waals surface area contributed by atoms with Crippen molar-refractivity contribution in [3.05, 3.63) is 54.5 Å². The lowest BCUT2D eigenvalue weighted by Crippen LogP contribution is -2.45. The first-order valence-electron chi connectivity index (χ1n) is 13.2. The van der Waals surface area contributed by atoms with Gasteiger partial charge in [-0.15, -0.1) is 0 Å². The van der Waals surface area contributed by atoms with E-state index >= 15 is 0 Å². The number of hydrogen-bond donors (Lipinski definition) is 3. The van der Waals surface area contributed by atoms with Crippen LogP contribution in [0, 0.1) is 5.82 Å². The Morgan fingerprint density at radius 3 is 2.61 bits per heavy atom. The fraction of sp³-hybridized carbons (Fsp3) is 0.345. The Morgan fingerprint density at radius 1 is 1.12 bits per heavy atom. The predicted octanol–water partition coefficient (Wildman–Crippen LogP) is 6.18. The smallest absolute Gasteiger partial charge is 0.410 e. The van der Waals surface area contributed by atoms with Gasteiger partial charge in [0.2, 0.25) is 17.7 Å². The first-order chi connectivity index (χ1) is 19.4. The molecule has 216 valence electrons. The van der Waals surface area contributed by atoms with Crippen LogP contribution in [0.15, 0.2) is 53.1 Å². The molecule has 0 aliphatic rings. The van der Waals surface area contributed by atoms with Gasteiger partial charge in [0, 0.05) is 37.2 Å². The summed E-state index contributed by atoms with van der Waals surface area (Å²) in [7, 11) is 1.51. The van der Waals surface area contributed by atoms with Gasteiger partial charge >= 0.3 is 6.09 Å². The maximum atomic E-state index is 13.6. The highest BCUT2D eigenvalue weighted by Gasteiger charge is 2.27. The van der Waals surface area contributed by atoms with E-state index < -0.39 is 23.6 Å². The Labute approximate surface area is 237 Å². The van der Waals surface area contributed by atoms with Crippen molar-refractivity contribution in [1.29, 1.82) is 0 Å². The number of fused-ring (bicyclic) bond motifs is 1. The number of likely N-dealkylation sites (N-methyl/N-ethyl adjacent to an activating group) is 1. The molecule has 1 atom stereocenters. The molecule has 2 aromatic heterocycles. The first-order valence-corrected chi connectivity index (χ1v) is 13.2. The molecule has 0 saturated heterocycles. The molecule has 0 spiro atoms. The third kappa shape index (κ3) is 7.47. The largest absolute Gasteiger partial charge is 0.444 e. The average molecular weight is 564 g/mol. The van der Waals surface area contributed by atoms with Crippen molar-refractivity contribution in [1.82, 2.24) is 19.9 Å². The summed E-state index contributed by atoms with van der Waals surface area (Å²) in [6, 6.07) is 10.3. The second kappa shape index (κ2) is 12.2. The third-order valence-corrected chi connectivity index (χ3v) is 5.94. The molecular formula is C29H34FN7O4. The number of ether oxygens (including phenoxy) is 1. The summed E-state index contributed by atoms with van der Waals surface area (Å²) in [4.78, 5) is 39.9. The average Bonchev–Trinajstić information content (AvgIpc) is 3.33. The van der Waals surface area contributed by atoms with Crippen molar-refractivity contribution in [2.75, 3.05) is 29.5 Å². The monoisotopic (exact) mass is 563 g/mol. The SMILES string of the molecule is CCCNc1nc(Nc2cccc(F)c2)ncc1-c1nc2ccc(NC(=O)[C@H](C)N(C)C(=O)OC(C)(C)C)cc2o1. The lowest BCUT2D eigenvalue weighted by molar-refractivity contribution is -0.120. The minimum atomic E-state index is -0.783. The van der Waals surface area contributed by atoms with E-state index in [1.54, 1.807) is 64.2 Å². The number of benzene rings is 2. The van der Waals surface area contributed by atoms with Gasteiger partial charge in [0.15, 0.2) is 5.58 Å². The maximum absolute atomic E-state index is 13.6. The van der Waals surface area contributed by atoms with Gasteiger partial charge in [0.1, 0.15) is 28.8 Å². The Kier molecular flexibility index (Phi) is 8.70. The Morgan fingerprint density at radius 2 is 1.90 bits per heavy atom. The van der Waals surface area contributed by atoms with E-state index in [9.17, 15) is 14.0 Å². The van der Waals surface area contributed by atoms with Gasteiger partial charge < -0.3 is 25.1 Å². The molecular weight excluding hydrogens is 529 g/mol. The van der Waals surface area contributed by atoms with E-state index in [4.69, 9.17) is 9.15 Å². The highest BCUT2D eigenvalue weighted by Crippen LogP contribution is 2.31. The van der Waals surface area contributed by atoms with Crippen molar-refractivity contribution in [3.63, 3.8) is 0 Å². The van der Waals surface area contributed by atoms with Crippen LogP contribution in [-0.2, 0) is 9.53 Å². The number of rotatable bonds is 9. The van der Waals surface area contributed by atoms with Gasteiger partial charge in [0.05, 0.1) is 5.56 Å². The van der Waals surface area contributed by atoms with Gasteiger partial charge in [-0.05, 0) is 64.4 Å². The number of carbonyl (C=O) groups is 2. The highest BCUT2D eigenvalue weighted by molar-refractivity contribution is 5.97. The number of hydrogen-bond acceptors (Lipinski definition) is 9. The van der Waals surface area contributed by atoms with Crippen LogP contribution in [0.1, 0.15) is 41.0 Å². The van der Waals surface area contributed by atoms with Crippen LogP contribution in [0.3, 0.4) is 0 Å². The summed E-state index contributed by atoms with van der Waals surface area (Å²) in [5.41, 5.74) is 1.87. The summed E-state index contributed by atoms with van der Waals surface area (Å²) in [6.07, 6.45) is 1.84. The number of amides is 2. The minimum Gasteiger partial charge on any atom is -0.444 e. The molecule has 12 heteroatoms. The molecule has 4 aromatic rings. The van der Waals surface area contributed by atoms with Crippen molar-refractivity contribution in [2.24, 2.45) is 0 Å². The predicted molar refractivity (Wildman–Crippen MR) is 156 cm³/mol. The van der Waals surface area contributed by atoms with Gasteiger partial charge in [-0.3, -0.25) is 9.69 Å². The van der Waals surface area contributed by atoms with Gasteiger partial charge in [0.25, 0.3) is 0 Å². The van der Waals surface area contributed by atoms with Gasteiger partial charge in [-0.1, -0.05) is 13.0 Å². The Bertz CT molecular complexity index is 1550. The second-order valence-electron chi connectivity index (χ2n) is 10.5. The Hall–Kier alpha value is -4.74. The van der Waals surface area contributed by atoms with Gasteiger partial charge in [-0.2, -0.15) is 4.98 Å². The quantitative estimate of drug-likeness (QED) is 0.218. The first kappa shape index (κ1) is 29.2. The van der Waals surface area contributed by atoms with Crippen LogP contribution in [0.2, 0.25) is 0 Å². The molecule has 2 heterocycles. The van der Waals surface area contributed by atoms with E-state index in [1.165, 1.54) is 24.1 Å². The molecule has 0 unspecified atom stereocenters. The summed E-state index contributed by atoms with van der Waals surface area (Å²) in [5, 5.41) is 9.07. The van der Waals surface area contributed by atoms with Crippen molar-refractivity contribution < 1.29 is 23.1 Å². The summed E-state index contributed by atoms with van der Waals surface area (Å²) in [5.74, 6) is 0.308. The highest BCUT2D eigenvalue weighted by atomic mass is 19.1. The van der Waals surface area contributed by atoms with E-state index in [-0.39, 0.29) is 17.7 Å². The summed E-state index contributed by atoms with van der Waals surface area (Å²) >= 11 is 0. The number of oxazole rings is 1. The topological polar surface area (TPSA) is 135 Å². The lowest BCUT2D eigenvalue weighted by Gasteiger charge is -2.28. The zero-order valence-corrected chi connectivity index (χ0v) is 23.9. The van der Waals surface area contributed by atoms with Crippen molar-refractivity contribution >= 4 is 46.2 Å². The molecule has 2 aromatic carbocycles. The van der Waals surface area contributed by atoms with Crippen LogP contribution in [-0.4, -0.2) is 57.1 Å². The Balaban J connectivity index is 1.54. The summed E-state index contributed by atoms with van der Waals surface area (Å²) in [6.45, 7) is 9.57. The molecule has 4 rings (SSSR count). The third-order valence-electron chi connectivity index (χ3n) is 5.94. The normalized spacial score (nSPS) is 12.1. The van der Waals surface area contributed by atoms with E-state index in [0.29, 0.717) is 40.4 Å². The number of aromatic nitrogens is 3. The molecule has 0 aliphatic heterocycles. The van der Waals surface area contributed by atoms with Crippen LogP contribution in [0.25, 0.3) is 22.6 Å². The van der Waals surface area contributed by atoms with Crippen LogP contribution >= 0.6 is 0 Å². The zero-order chi connectivity index (χ0) is 29.7. The van der Waals surface area contributed by atoms with E-state index in [0.717, 1.165) is 6.42 Å². The van der Waals surface area contributed by atoms with Gasteiger partial charge in [-0.25, -0.2) is 19.2 Å². The number of carbonyl (C=O) groups excluding carboxylic acids is 2. The fourth-order valence-electron chi connectivity index (χ4n) is 3.70. The van der Waals surface area contributed by atoms with Crippen LogP contribution < -0.4 is 16.0 Å². The molecule has 11 nitrogen and oxygen atoms in total. The lowest BCUT2D eigenvalue weighted by atomic mass is 10.2. The van der Waals surface area contributed by atoms with Crippen molar-refractivity contribution in [2.45, 2.75) is 52.7 Å². The van der Waals surface area contributed by atoms with Crippen molar-refractivity contribution in [3.8, 4) is 11.5 Å².